The second-order valence-electron chi connectivity index (χ2n) is 8.52. The van der Waals surface area contributed by atoms with E-state index in [2.05, 4.69) is 15.0 Å². The van der Waals surface area contributed by atoms with Crippen molar-refractivity contribution in [2.75, 3.05) is 18.0 Å². The van der Waals surface area contributed by atoms with Gasteiger partial charge in [-0.1, -0.05) is 11.6 Å². The lowest BCUT2D eigenvalue weighted by atomic mass is 9.89. The van der Waals surface area contributed by atoms with E-state index in [1.165, 1.54) is 0 Å². The number of aromatic nitrogens is 3. The molecule has 5 rings (SSSR count). The van der Waals surface area contributed by atoms with Crippen LogP contribution in [0.1, 0.15) is 53.4 Å². The van der Waals surface area contributed by atoms with Crippen LogP contribution in [0.2, 0.25) is 5.02 Å². The van der Waals surface area contributed by atoms with E-state index in [-0.39, 0.29) is 23.8 Å². The first-order valence-corrected chi connectivity index (χ1v) is 10.7. The van der Waals surface area contributed by atoms with Crippen molar-refractivity contribution in [3.05, 3.63) is 45.5 Å². The summed E-state index contributed by atoms with van der Waals surface area (Å²) in [7, 11) is 0. The molecule has 2 aliphatic heterocycles. The molecular weight excluding hydrogens is 431 g/mol. The van der Waals surface area contributed by atoms with E-state index in [1.54, 1.807) is 4.90 Å². The Balaban J connectivity index is 1.22. The Morgan fingerprint density at radius 2 is 1.97 bits per heavy atom. The van der Waals surface area contributed by atoms with Gasteiger partial charge in [-0.2, -0.15) is 13.2 Å². The zero-order valence-corrected chi connectivity index (χ0v) is 17.7. The average molecular weight is 452 g/mol. The Bertz CT molecular complexity index is 1040. The number of carbonyl (C=O) groups is 1. The van der Waals surface area contributed by atoms with Crippen molar-refractivity contribution in [2.45, 2.75) is 51.4 Å². The van der Waals surface area contributed by atoms with Crippen molar-refractivity contribution in [2.24, 2.45) is 5.92 Å². The molecule has 6 nitrogen and oxygen atoms in total. The highest BCUT2D eigenvalue weighted by Crippen LogP contribution is 2.46. The van der Waals surface area contributed by atoms with Gasteiger partial charge in [0.15, 0.2) is 0 Å². The first-order chi connectivity index (χ1) is 14.7. The maximum Gasteiger partial charge on any atom is 0.419 e. The van der Waals surface area contributed by atoms with Crippen LogP contribution in [0.4, 0.5) is 19.1 Å². The molecule has 1 amide bonds. The quantitative estimate of drug-likeness (QED) is 0.703. The van der Waals surface area contributed by atoms with Crippen LogP contribution in [0.3, 0.4) is 0 Å². The van der Waals surface area contributed by atoms with Gasteiger partial charge in [-0.25, -0.2) is 9.97 Å². The zero-order chi connectivity index (χ0) is 21.9. The number of alkyl halides is 3. The third-order valence-electron chi connectivity index (χ3n) is 6.44. The lowest BCUT2D eigenvalue weighted by Crippen LogP contribution is -2.49. The Morgan fingerprint density at radius 1 is 1.26 bits per heavy atom. The summed E-state index contributed by atoms with van der Waals surface area (Å²) in [6.45, 7) is 3.52. The predicted molar refractivity (Wildman–Crippen MR) is 108 cm³/mol. The molecule has 1 fully saturated rings. The van der Waals surface area contributed by atoms with Crippen LogP contribution in [-0.2, 0) is 23.9 Å². The topological polar surface area (TPSA) is 62.2 Å². The molecule has 164 valence electrons. The molecule has 0 saturated carbocycles. The number of hydrogen-bond acceptors (Lipinski definition) is 5. The maximum atomic E-state index is 13.1. The first-order valence-electron chi connectivity index (χ1n) is 10.3. The van der Waals surface area contributed by atoms with Crippen molar-refractivity contribution in [1.82, 2.24) is 19.9 Å². The molecule has 2 aromatic heterocycles. The SMILES string of the molecule is Cc1nc2c3c(c1Cl)CN(C(=O)CC1CN(c4ncc(C(F)(F)F)cn4)C1)[C@H]3CCC2. The van der Waals surface area contributed by atoms with E-state index < -0.39 is 11.7 Å². The third kappa shape index (κ3) is 3.52. The average Bonchev–Trinajstić information content (AvgIpc) is 3.09. The normalized spacial score (nSPS) is 20.6. The summed E-state index contributed by atoms with van der Waals surface area (Å²) in [5.74, 6) is 0.469. The van der Waals surface area contributed by atoms with E-state index in [4.69, 9.17) is 11.6 Å². The van der Waals surface area contributed by atoms with Gasteiger partial charge in [0.05, 0.1) is 22.3 Å². The highest BCUT2D eigenvalue weighted by molar-refractivity contribution is 6.32. The van der Waals surface area contributed by atoms with Crippen LogP contribution in [0.25, 0.3) is 0 Å². The molecule has 31 heavy (non-hydrogen) atoms. The number of amides is 1. The number of carbonyl (C=O) groups excluding carboxylic acids is 1. The summed E-state index contributed by atoms with van der Waals surface area (Å²) in [6, 6.07) is 0.0475. The molecule has 2 aromatic rings. The summed E-state index contributed by atoms with van der Waals surface area (Å²) >= 11 is 6.51. The van der Waals surface area contributed by atoms with E-state index in [0.29, 0.717) is 31.1 Å². The minimum absolute atomic E-state index is 0.0475. The van der Waals surface area contributed by atoms with E-state index in [1.807, 2.05) is 11.8 Å². The predicted octanol–water partition coefficient (Wildman–Crippen LogP) is 4.10. The number of anilines is 1. The molecule has 1 aliphatic carbocycles. The summed E-state index contributed by atoms with van der Waals surface area (Å²) in [5.41, 5.74) is 3.20. The molecule has 3 aliphatic rings. The zero-order valence-electron chi connectivity index (χ0n) is 16.9. The summed E-state index contributed by atoms with van der Waals surface area (Å²) in [5, 5.41) is 0.662. The van der Waals surface area contributed by atoms with Crippen LogP contribution >= 0.6 is 11.6 Å². The standard InChI is InChI=1S/C21H21ClF3N5O/c1-11-19(22)14-10-30(16-4-2-3-15(28-11)18(14)16)17(31)5-12-8-29(9-12)20-26-6-13(7-27-20)21(23,24)25/h6-7,12,16H,2-5,8-10H2,1H3/t16-/m0/s1. The number of nitrogens with zero attached hydrogens (tertiary/aromatic N) is 5. The van der Waals surface area contributed by atoms with E-state index >= 15 is 0 Å². The highest BCUT2D eigenvalue weighted by Gasteiger charge is 2.41. The summed E-state index contributed by atoms with van der Waals surface area (Å²) in [4.78, 5) is 29.1. The van der Waals surface area contributed by atoms with Crippen LogP contribution in [0.5, 0.6) is 0 Å². The Labute approximate surface area is 182 Å². The molecule has 0 aromatic carbocycles. The van der Waals surface area contributed by atoms with Crippen molar-refractivity contribution in [3.63, 3.8) is 0 Å². The fourth-order valence-electron chi connectivity index (χ4n) is 4.88. The van der Waals surface area contributed by atoms with Crippen molar-refractivity contribution < 1.29 is 18.0 Å². The fraction of sp³-hybridized carbons (Fsp3) is 0.524. The van der Waals surface area contributed by atoms with Crippen molar-refractivity contribution >= 4 is 23.5 Å². The van der Waals surface area contributed by atoms with Gasteiger partial charge >= 0.3 is 6.18 Å². The Kier molecular flexibility index (Phi) is 4.84. The van der Waals surface area contributed by atoms with Gasteiger partial charge in [-0.3, -0.25) is 9.78 Å². The van der Waals surface area contributed by atoms with Gasteiger partial charge in [0.1, 0.15) is 0 Å². The molecule has 1 atom stereocenters. The first kappa shape index (κ1) is 20.5. The Morgan fingerprint density at radius 3 is 2.65 bits per heavy atom. The number of hydrogen-bond donors (Lipinski definition) is 0. The van der Waals surface area contributed by atoms with Crippen LogP contribution < -0.4 is 4.90 Å². The molecular formula is C21H21ClF3N5O. The number of aryl methyl sites for hydroxylation is 2. The van der Waals surface area contributed by atoms with Gasteiger partial charge in [-0.05, 0) is 31.7 Å². The molecule has 0 unspecified atom stereocenters. The summed E-state index contributed by atoms with van der Waals surface area (Å²) in [6.07, 6.45) is 0.363. The van der Waals surface area contributed by atoms with Gasteiger partial charge in [0.2, 0.25) is 11.9 Å². The highest BCUT2D eigenvalue weighted by atomic mass is 35.5. The van der Waals surface area contributed by atoms with Crippen LogP contribution in [-0.4, -0.2) is 38.8 Å². The minimum Gasteiger partial charge on any atom is -0.340 e. The van der Waals surface area contributed by atoms with Gasteiger partial charge in [0.25, 0.3) is 0 Å². The Hall–Kier alpha value is -2.42. The van der Waals surface area contributed by atoms with E-state index in [9.17, 15) is 18.0 Å². The minimum atomic E-state index is -4.45. The summed E-state index contributed by atoms with van der Waals surface area (Å²) < 4.78 is 38.0. The second kappa shape index (κ2) is 7.32. The molecule has 0 N–H and O–H groups in total. The largest absolute Gasteiger partial charge is 0.419 e. The molecule has 1 saturated heterocycles. The second-order valence-corrected chi connectivity index (χ2v) is 8.90. The third-order valence-corrected chi connectivity index (χ3v) is 6.94. The lowest BCUT2D eigenvalue weighted by molar-refractivity contribution is -0.138. The number of halogens is 4. The smallest absolute Gasteiger partial charge is 0.340 e. The van der Waals surface area contributed by atoms with Gasteiger partial charge in [0, 0.05) is 55.6 Å². The molecule has 0 bridgehead atoms. The molecule has 0 spiro atoms. The fourth-order valence-corrected chi connectivity index (χ4v) is 5.08. The van der Waals surface area contributed by atoms with Crippen LogP contribution in [0, 0.1) is 12.8 Å². The number of rotatable bonds is 3. The molecule has 0 radical (unpaired) electrons. The monoisotopic (exact) mass is 451 g/mol. The van der Waals surface area contributed by atoms with Gasteiger partial charge in [-0.15, -0.1) is 0 Å². The maximum absolute atomic E-state index is 13.1. The van der Waals surface area contributed by atoms with Crippen LogP contribution in [0.15, 0.2) is 12.4 Å². The lowest BCUT2D eigenvalue weighted by Gasteiger charge is -2.40. The molecule has 10 heteroatoms. The van der Waals surface area contributed by atoms with Crippen molar-refractivity contribution in [3.8, 4) is 0 Å². The van der Waals surface area contributed by atoms with E-state index in [0.717, 1.165) is 54.2 Å². The van der Waals surface area contributed by atoms with Gasteiger partial charge < -0.3 is 9.80 Å². The molecule has 4 heterocycles. The van der Waals surface area contributed by atoms with Crippen molar-refractivity contribution in [1.29, 1.82) is 0 Å². The number of pyridine rings is 1.